The molecule has 0 amide bonds. The van der Waals surface area contributed by atoms with Gasteiger partial charge in [0.1, 0.15) is 11.6 Å². The van der Waals surface area contributed by atoms with Crippen LogP contribution in [0.3, 0.4) is 0 Å². The lowest BCUT2D eigenvalue weighted by molar-refractivity contribution is 0.457. The van der Waals surface area contributed by atoms with Crippen LogP contribution in [0.5, 0.6) is 11.6 Å². The van der Waals surface area contributed by atoms with Gasteiger partial charge in [-0.1, -0.05) is 11.6 Å². The molecule has 0 saturated heterocycles. The highest BCUT2D eigenvalue weighted by molar-refractivity contribution is 9.10. The fourth-order valence-corrected chi connectivity index (χ4v) is 1.64. The maximum atomic E-state index is 13.0. The summed E-state index contributed by atoms with van der Waals surface area (Å²) < 4.78 is 19.1. The van der Waals surface area contributed by atoms with Gasteiger partial charge in [-0.15, -0.1) is 0 Å². The van der Waals surface area contributed by atoms with E-state index in [1.807, 2.05) is 0 Å². The number of rotatable bonds is 3. The minimum Gasteiger partial charge on any atom is -0.438 e. The van der Waals surface area contributed by atoms with Crippen molar-refractivity contribution in [2.24, 2.45) is 0 Å². The lowest BCUT2D eigenvalue weighted by Crippen LogP contribution is -1.98. The molecule has 0 bridgehead atoms. The minimum atomic E-state index is -0.498. The molecule has 0 aliphatic carbocycles. The molecule has 0 unspecified atom stereocenters. The predicted molar refractivity (Wildman–Crippen MR) is 70.8 cm³/mol. The fraction of sp³-hybridized carbons (Fsp3) is 0.0909. The van der Waals surface area contributed by atoms with Crippen molar-refractivity contribution >= 4 is 33.5 Å². The monoisotopic (exact) mass is 331 g/mol. The van der Waals surface area contributed by atoms with Crippen LogP contribution >= 0.6 is 27.5 Å². The van der Waals surface area contributed by atoms with Crippen molar-refractivity contribution in [2.75, 3.05) is 12.4 Å². The highest BCUT2D eigenvalue weighted by Crippen LogP contribution is 2.29. The standard InChI is InChI=1S/C11H8BrClFN3O/c1-15-11-16-5-7(12)10(17-11)18-6-2-3-9(14)8(13)4-6/h2-5H,1H3,(H,15,16,17). The summed E-state index contributed by atoms with van der Waals surface area (Å²) >= 11 is 8.93. The van der Waals surface area contributed by atoms with Crippen LogP contribution in [0.2, 0.25) is 5.02 Å². The van der Waals surface area contributed by atoms with E-state index in [9.17, 15) is 4.39 Å². The Bertz CT molecular complexity index is 582. The van der Waals surface area contributed by atoms with E-state index in [-0.39, 0.29) is 5.02 Å². The van der Waals surface area contributed by atoms with Gasteiger partial charge in [-0.2, -0.15) is 4.98 Å². The van der Waals surface area contributed by atoms with Crippen molar-refractivity contribution in [1.29, 1.82) is 0 Å². The Morgan fingerprint density at radius 1 is 1.44 bits per heavy atom. The second kappa shape index (κ2) is 5.49. The first-order chi connectivity index (χ1) is 8.60. The quantitative estimate of drug-likeness (QED) is 0.927. The first-order valence-corrected chi connectivity index (χ1v) is 6.10. The SMILES string of the molecule is CNc1ncc(Br)c(Oc2ccc(F)c(Cl)c2)n1. The maximum absolute atomic E-state index is 13.0. The smallest absolute Gasteiger partial charge is 0.238 e. The molecule has 1 aromatic carbocycles. The van der Waals surface area contributed by atoms with Crippen molar-refractivity contribution in [3.63, 3.8) is 0 Å². The molecule has 2 rings (SSSR count). The summed E-state index contributed by atoms with van der Waals surface area (Å²) in [6.45, 7) is 0. The zero-order valence-corrected chi connectivity index (χ0v) is 11.6. The summed E-state index contributed by atoms with van der Waals surface area (Å²) in [5.74, 6) is 0.628. The second-order valence-corrected chi connectivity index (χ2v) is 4.54. The molecule has 0 spiro atoms. The minimum absolute atomic E-state index is 0.00785. The number of ether oxygens (including phenoxy) is 1. The van der Waals surface area contributed by atoms with Gasteiger partial charge in [0.2, 0.25) is 11.8 Å². The summed E-state index contributed by atoms with van der Waals surface area (Å²) in [6.07, 6.45) is 1.55. The third-order valence-electron chi connectivity index (χ3n) is 2.04. The van der Waals surface area contributed by atoms with Crippen LogP contribution in [0.15, 0.2) is 28.9 Å². The van der Waals surface area contributed by atoms with Crippen LogP contribution in [-0.4, -0.2) is 17.0 Å². The van der Waals surface area contributed by atoms with Gasteiger partial charge >= 0.3 is 0 Å². The average Bonchev–Trinajstić information content (AvgIpc) is 2.36. The molecule has 2 aromatic rings. The Balaban J connectivity index is 2.30. The molecule has 1 heterocycles. The molecule has 94 valence electrons. The molecule has 0 fully saturated rings. The molecule has 0 radical (unpaired) electrons. The van der Waals surface area contributed by atoms with Crippen molar-refractivity contribution in [2.45, 2.75) is 0 Å². The van der Waals surface area contributed by atoms with Gasteiger partial charge < -0.3 is 10.1 Å². The number of hydrogen-bond donors (Lipinski definition) is 1. The van der Waals surface area contributed by atoms with E-state index < -0.39 is 5.82 Å². The number of hydrogen-bond acceptors (Lipinski definition) is 4. The van der Waals surface area contributed by atoms with E-state index in [1.165, 1.54) is 18.2 Å². The van der Waals surface area contributed by atoms with Gasteiger partial charge in [-0.05, 0) is 28.1 Å². The molecule has 0 saturated carbocycles. The summed E-state index contributed by atoms with van der Waals surface area (Å²) in [6, 6.07) is 4.07. The molecule has 1 aromatic heterocycles. The molecule has 4 nitrogen and oxygen atoms in total. The Morgan fingerprint density at radius 3 is 2.89 bits per heavy atom. The molecule has 1 N–H and O–H groups in total. The number of nitrogens with one attached hydrogen (secondary N) is 1. The highest BCUT2D eigenvalue weighted by Gasteiger charge is 2.08. The van der Waals surface area contributed by atoms with Crippen LogP contribution in [-0.2, 0) is 0 Å². The Hall–Kier alpha value is -1.40. The van der Waals surface area contributed by atoms with Gasteiger partial charge in [-0.25, -0.2) is 9.37 Å². The summed E-state index contributed by atoms with van der Waals surface area (Å²) in [4.78, 5) is 8.11. The molecule has 0 atom stereocenters. The lowest BCUT2D eigenvalue weighted by Gasteiger charge is -2.08. The van der Waals surface area contributed by atoms with Gasteiger partial charge in [-0.3, -0.25) is 0 Å². The Morgan fingerprint density at radius 2 is 2.22 bits per heavy atom. The molecular formula is C11H8BrClFN3O. The number of aromatic nitrogens is 2. The average molecular weight is 333 g/mol. The zero-order valence-electron chi connectivity index (χ0n) is 9.25. The van der Waals surface area contributed by atoms with Gasteiger partial charge in [0.15, 0.2) is 0 Å². The Labute approximate surface area is 116 Å². The van der Waals surface area contributed by atoms with Crippen LogP contribution in [0.25, 0.3) is 0 Å². The predicted octanol–water partition coefficient (Wildman–Crippen LogP) is 3.87. The molecule has 7 heteroatoms. The molecule has 0 aliphatic rings. The number of benzene rings is 1. The topological polar surface area (TPSA) is 47.0 Å². The Kier molecular flexibility index (Phi) is 3.98. The van der Waals surface area contributed by atoms with Gasteiger partial charge in [0.05, 0.1) is 15.7 Å². The van der Waals surface area contributed by atoms with Crippen molar-refractivity contribution < 1.29 is 9.13 Å². The fourth-order valence-electron chi connectivity index (χ4n) is 1.20. The molecular weight excluding hydrogens is 324 g/mol. The van der Waals surface area contributed by atoms with Crippen molar-refractivity contribution in [1.82, 2.24) is 9.97 Å². The maximum Gasteiger partial charge on any atom is 0.238 e. The zero-order chi connectivity index (χ0) is 13.1. The van der Waals surface area contributed by atoms with Gasteiger partial charge in [0.25, 0.3) is 0 Å². The lowest BCUT2D eigenvalue weighted by atomic mass is 10.3. The normalized spacial score (nSPS) is 10.2. The van der Waals surface area contributed by atoms with E-state index in [2.05, 4.69) is 31.2 Å². The van der Waals surface area contributed by atoms with Crippen molar-refractivity contribution in [3.8, 4) is 11.6 Å². The number of anilines is 1. The summed E-state index contributed by atoms with van der Waals surface area (Å²) in [5.41, 5.74) is 0. The largest absolute Gasteiger partial charge is 0.438 e. The van der Waals surface area contributed by atoms with Crippen LogP contribution in [0.4, 0.5) is 10.3 Å². The number of nitrogens with zero attached hydrogens (tertiary/aromatic N) is 2. The van der Waals surface area contributed by atoms with E-state index >= 15 is 0 Å². The van der Waals surface area contributed by atoms with Gasteiger partial charge in [0, 0.05) is 13.1 Å². The van der Waals surface area contributed by atoms with Crippen LogP contribution < -0.4 is 10.1 Å². The third kappa shape index (κ3) is 2.88. The summed E-state index contributed by atoms with van der Waals surface area (Å²) in [5, 5.41) is 2.78. The van der Waals surface area contributed by atoms with E-state index in [0.717, 1.165) is 0 Å². The van der Waals surface area contributed by atoms with Crippen LogP contribution in [0, 0.1) is 5.82 Å². The molecule has 18 heavy (non-hydrogen) atoms. The highest BCUT2D eigenvalue weighted by atomic mass is 79.9. The van der Waals surface area contributed by atoms with Crippen LogP contribution in [0.1, 0.15) is 0 Å². The van der Waals surface area contributed by atoms with E-state index in [1.54, 1.807) is 13.2 Å². The first-order valence-electron chi connectivity index (χ1n) is 4.93. The number of halogens is 3. The third-order valence-corrected chi connectivity index (χ3v) is 2.87. The second-order valence-electron chi connectivity index (χ2n) is 3.27. The van der Waals surface area contributed by atoms with E-state index in [4.69, 9.17) is 16.3 Å². The first kappa shape index (κ1) is 13.0. The van der Waals surface area contributed by atoms with E-state index in [0.29, 0.717) is 22.1 Å². The summed E-state index contributed by atoms with van der Waals surface area (Å²) in [7, 11) is 1.70. The molecule has 0 aliphatic heterocycles. The van der Waals surface area contributed by atoms with Crippen molar-refractivity contribution in [3.05, 3.63) is 39.7 Å².